The van der Waals surface area contributed by atoms with Gasteiger partial charge in [-0.1, -0.05) is 5.16 Å². The first kappa shape index (κ1) is 16.9. The van der Waals surface area contributed by atoms with E-state index in [1.54, 1.807) is 0 Å². The Morgan fingerprint density at radius 3 is 2.29 bits per heavy atom. The van der Waals surface area contributed by atoms with Crippen molar-refractivity contribution in [2.24, 2.45) is 10.9 Å². The third kappa shape index (κ3) is 5.04. The van der Waals surface area contributed by atoms with Crippen LogP contribution in [0.4, 0.5) is 26.3 Å². The Bertz CT molecular complexity index is 524. The van der Waals surface area contributed by atoms with E-state index in [0.717, 1.165) is 12.1 Å². The fraction of sp³-hybridized carbons (Fsp3) is 0.364. The number of benzene rings is 1. The van der Waals surface area contributed by atoms with Crippen LogP contribution in [0.2, 0.25) is 0 Å². The zero-order valence-corrected chi connectivity index (χ0v) is 10.3. The molecule has 0 heterocycles. The van der Waals surface area contributed by atoms with Gasteiger partial charge in [-0.3, -0.25) is 0 Å². The SMILES string of the molecule is N/C(=N/O)c1cc(OCCC(F)(F)F)ccc1C(F)(F)F. The zero-order valence-electron chi connectivity index (χ0n) is 10.3. The molecule has 1 rings (SSSR count). The summed E-state index contributed by atoms with van der Waals surface area (Å²) in [6.45, 7) is -0.759. The van der Waals surface area contributed by atoms with Crippen LogP contribution in [0.3, 0.4) is 0 Å². The highest BCUT2D eigenvalue weighted by Gasteiger charge is 2.34. The summed E-state index contributed by atoms with van der Waals surface area (Å²) in [5.74, 6) is -1.09. The van der Waals surface area contributed by atoms with Crippen LogP contribution in [-0.2, 0) is 6.18 Å². The predicted octanol–water partition coefficient (Wildman–Crippen LogP) is 3.13. The summed E-state index contributed by atoms with van der Waals surface area (Å²) in [4.78, 5) is 0. The molecule has 0 amide bonds. The molecule has 0 aromatic heterocycles. The van der Waals surface area contributed by atoms with E-state index < -0.39 is 42.3 Å². The standard InChI is InChI=1S/C11H10F6N2O2/c12-10(13,14)3-4-21-6-1-2-8(11(15,16)17)7(5-6)9(18)19-20/h1-2,5,20H,3-4H2,(H2,18,19). The van der Waals surface area contributed by atoms with Crippen LogP contribution in [0.5, 0.6) is 5.75 Å². The van der Waals surface area contributed by atoms with Crippen LogP contribution >= 0.6 is 0 Å². The molecule has 3 N–H and O–H groups in total. The first-order chi connectivity index (χ1) is 9.54. The molecule has 0 aliphatic heterocycles. The molecule has 21 heavy (non-hydrogen) atoms. The van der Waals surface area contributed by atoms with Crippen LogP contribution in [0.15, 0.2) is 23.4 Å². The van der Waals surface area contributed by atoms with E-state index in [0.29, 0.717) is 6.07 Å². The maximum absolute atomic E-state index is 12.7. The minimum atomic E-state index is -4.77. The topological polar surface area (TPSA) is 67.8 Å². The zero-order chi connectivity index (χ0) is 16.3. The average molecular weight is 316 g/mol. The molecular formula is C11H10F6N2O2. The van der Waals surface area contributed by atoms with Gasteiger partial charge in [0.15, 0.2) is 5.84 Å². The minimum absolute atomic E-state index is 0.256. The molecule has 0 saturated carbocycles. The van der Waals surface area contributed by atoms with Gasteiger partial charge in [0.05, 0.1) is 18.6 Å². The monoisotopic (exact) mass is 316 g/mol. The highest BCUT2D eigenvalue weighted by atomic mass is 19.4. The number of alkyl halides is 6. The van der Waals surface area contributed by atoms with Gasteiger partial charge in [0, 0.05) is 5.56 Å². The third-order valence-electron chi connectivity index (χ3n) is 2.33. The summed E-state index contributed by atoms with van der Waals surface area (Å²) in [5.41, 5.74) is 3.24. The van der Waals surface area contributed by atoms with Gasteiger partial charge in [-0.2, -0.15) is 26.3 Å². The van der Waals surface area contributed by atoms with Gasteiger partial charge in [-0.25, -0.2) is 0 Å². The van der Waals surface area contributed by atoms with Gasteiger partial charge in [0.25, 0.3) is 0 Å². The Kier molecular flexibility index (Phi) is 4.92. The van der Waals surface area contributed by atoms with Gasteiger partial charge >= 0.3 is 12.4 Å². The molecule has 0 aliphatic carbocycles. The number of hydrogen-bond donors (Lipinski definition) is 2. The maximum atomic E-state index is 12.7. The summed E-state index contributed by atoms with van der Waals surface area (Å²) >= 11 is 0. The molecule has 0 spiro atoms. The number of nitrogens with zero attached hydrogens (tertiary/aromatic N) is 1. The molecule has 0 atom stereocenters. The lowest BCUT2D eigenvalue weighted by Gasteiger charge is -2.14. The fourth-order valence-corrected chi connectivity index (χ4v) is 1.41. The molecule has 0 radical (unpaired) electrons. The molecule has 0 bridgehead atoms. The number of nitrogens with two attached hydrogens (primary N) is 1. The maximum Gasteiger partial charge on any atom is 0.417 e. The minimum Gasteiger partial charge on any atom is -0.493 e. The van der Waals surface area contributed by atoms with Crippen molar-refractivity contribution in [1.82, 2.24) is 0 Å². The van der Waals surface area contributed by atoms with E-state index in [9.17, 15) is 26.3 Å². The Morgan fingerprint density at radius 1 is 1.19 bits per heavy atom. The van der Waals surface area contributed by atoms with Crippen molar-refractivity contribution in [1.29, 1.82) is 0 Å². The van der Waals surface area contributed by atoms with Crippen LogP contribution in [0.1, 0.15) is 17.5 Å². The quantitative estimate of drug-likeness (QED) is 0.295. The number of oxime groups is 1. The van der Waals surface area contributed by atoms with Gasteiger partial charge in [-0.15, -0.1) is 0 Å². The number of amidine groups is 1. The Hall–Kier alpha value is -2.13. The Labute approximate surface area is 114 Å². The molecule has 118 valence electrons. The second-order valence-electron chi connectivity index (χ2n) is 3.90. The molecule has 0 fully saturated rings. The van der Waals surface area contributed by atoms with Crippen molar-refractivity contribution >= 4 is 5.84 Å². The van der Waals surface area contributed by atoms with Gasteiger partial charge in [0.2, 0.25) is 0 Å². The Balaban J connectivity index is 3.00. The number of rotatable bonds is 4. The van der Waals surface area contributed by atoms with Crippen LogP contribution in [-0.4, -0.2) is 23.8 Å². The fourth-order valence-electron chi connectivity index (χ4n) is 1.41. The summed E-state index contributed by atoms with van der Waals surface area (Å²) < 4.78 is 78.6. The largest absolute Gasteiger partial charge is 0.493 e. The Morgan fingerprint density at radius 2 is 1.81 bits per heavy atom. The molecular weight excluding hydrogens is 306 g/mol. The lowest BCUT2D eigenvalue weighted by atomic mass is 10.1. The predicted molar refractivity (Wildman–Crippen MR) is 60.1 cm³/mol. The number of ether oxygens (including phenoxy) is 1. The van der Waals surface area contributed by atoms with Crippen molar-refractivity contribution in [3.05, 3.63) is 29.3 Å². The lowest BCUT2D eigenvalue weighted by molar-refractivity contribution is -0.139. The molecule has 0 saturated heterocycles. The second kappa shape index (κ2) is 6.10. The lowest BCUT2D eigenvalue weighted by Crippen LogP contribution is -2.20. The smallest absolute Gasteiger partial charge is 0.417 e. The molecule has 4 nitrogen and oxygen atoms in total. The van der Waals surface area contributed by atoms with Crippen molar-refractivity contribution in [3.8, 4) is 5.75 Å². The summed E-state index contributed by atoms with van der Waals surface area (Å²) in [5, 5.41) is 10.9. The summed E-state index contributed by atoms with van der Waals surface area (Å²) in [6.07, 6.45) is -10.5. The molecule has 1 aromatic carbocycles. The van der Waals surface area contributed by atoms with Crippen molar-refractivity contribution in [2.45, 2.75) is 18.8 Å². The van der Waals surface area contributed by atoms with Crippen LogP contribution < -0.4 is 10.5 Å². The third-order valence-corrected chi connectivity index (χ3v) is 2.33. The van der Waals surface area contributed by atoms with Crippen molar-refractivity contribution in [3.63, 3.8) is 0 Å². The molecule has 10 heteroatoms. The normalized spacial score (nSPS) is 13.3. The first-order valence-corrected chi connectivity index (χ1v) is 5.43. The van der Waals surface area contributed by atoms with Crippen LogP contribution in [0.25, 0.3) is 0 Å². The molecule has 1 aromatic rings. The average Bonchev–Trinajstić information content (AvgIpc) is 2.35. The van der Waals surface area contributed by atoms with E-state index in [4.69, 9.17) is 15.7 Å². The highest BCUT2D eigenvalue weighted by molar-refractivity contribution is 5.99. The van der Waals surface area contributed by atoms with E-state index in [1.165, 1.54) is 0 Å². The van der Waals surface area contributed by atoms with Crippen LogP contribution in [0, 0.1) is 0 Å². The number of hydrogen-bond acceptors (Lipinski definition) is 3. The van der Waals surface area contributed by atoms with Gasteiger partial charge < -0.3 is 15.7 Å². The highest BCUT2D eigenvalue weighted by Crippen LogP contribution is 2.34. The van der Waals surface area contributed by atoms with Crippen molar-refractivity contribution in [2.75, 3.05) is 6.61 Å². The van der Waals surface area contributed by atoms with Crippen molar-refractivity contribution < 1.29 is 36.3 Å². The van der Waals surface area contributed by atoms with E-state index in [-0.39, 0.29) is 5.75 Å². The van der Waals surface area contributed by atoms with E-state index in [1.807, 2.05) is 0 Å². The first-order valence-electron chi connectivity index (χ1n) is 5.43. The summed E-state index contributed by atoms with van der Waals surface area (Å²) in [7, 11) is 0. The van der Waals surface area contributed by atoms with E-state index >= 15 is 0 Å². The van der Waals surface area contributed by atoms with Gasteiger partial charge in [-0.05, 0) is 18.2 Å². The van der Waals surface area contributed by atoms with E-state index in [2.05, 4.69) is 5.16 Å². The second-order valence-corrected chi connectivity index (χ2v) is 3.90. The molecule has 0 aliphatic rings. The number of halogens is 6. The van der Waals surface area contributed by atoms with Gasteiger partial charge in [0.1, 0.15) is 5.75 Å². The molecule has 0 unspecified atom stereocenters. The summed E-state index contributed by atoms with van der Waals surface area (Å²) in [6, 6.07) is 2.19.